The molecule has 1 heterocycles. The lowest BCUT2D eigenvalue weighted by molar-refractivity contribution is -0.152. The zero-order chi connectivity index (χ0) is 14.8. The summed E-state index contributed by atoms with van der Waals surface area (Å²) < 4.78 is 6.58. The fourth-order valence-corrected chi connectivity index (χ4v) is 2.83. The highest BCUT2D eigenvalue weighted by Crippen LogP contribution is 2.29. The molecule has 4 nitrogen and oxygen atoms in total. The molecule has 0 saturated carbocycles. The molecular weight excluding hydrogens is 274 g/mol. The van der Waals surface area contributed by atoms with Gasteiger partial charge in [0.25, 0.3) is 0 Å². The van der Waals surface area contributed by atoms with Crippen molar-refractivity contribution >= 4 is 27.5 Å². The first kappa shape index (κ1) is 14.8. The highest BCUT2D eigenvalue weighted by Gasteiger charge is 2.29. The summed E-state index contributed by atoms with van der Waals surface area (Å²) in [5.41, 5.74) is -0.287. The van der Waals surface area contributed by atoms with E-state index in [0.29, 0.717) is 5.75 Å². The van der Waals surface area contributed by atoms with Gasteiger partial charge in [-0.05, 0) is 44.9 Å². The molecule has 20 heavy (non-hydrogen) atoms. The zero-order valence-electron chi connectivity index (χ0n) is 12.0. The van der Waals surface area contributed by atoms with Crippen LogP contribution in [0.3, 0.4) is 0 Å². The fourth-order valence-electron chi connectivity index (χ4n) is 1.79. The minimum atomic E-state index is -1.23. The zero-order valence-corrected chi connectivity index (χ0v) is 12.8. The van der Waals surface area contributed by atoms with Gasteiger partial charge in [0, 0.05) is 0 Å². The smallest absolute Gasteiger partial charge is 0.347 e. The third-order valence-electron chi connectivity index (χ3n) is 3.04. The van der Waals surface area contributed by atoms with Gasteiger partial charge in [-0.3, -0.25) is 0 Å². The van der Waals surface area contributed by atoms with Gasteiger partial charge >= 0.3 is 5.97 Å². The van der Waals surface area contributed by atoms with Crippen LogP contribution in [0.25, 0.3) is 10.2 Å². The van der Waals surface area contributed by atoms with Crippen LogP contribution < -0.4 is 4.74 Å². The van der Waals surface area contributed by atoms with Crippen LogP contribution in [0.5, 0.6) is 5.75 Å². The number of aryl methyl sites for hydroxylation is 1. The molecule has 2 aromatic rings. The molecule has 0 fully saturated rings. The van der Waals surface area contributed by atoms with Gasteiger partial charge in [0.05, 0.1) is 15.2 Å². The second-order valence-electron chi connectivity index (χ2n) is 5.26. The van der Waals surface area contributed by atoms with Crippen LogP contribution in [-0.2, 0) is 11.2 Å². The molecule has 108 valence electrons. The number of rotatable bonds is 6. The van der Waals surface area contributed by atoms with E-state index in [4.69, 9.17) is 9.84 Å². The summed E-state index contributed by atoms with van der Waals surface area (Å²) in [6.45, 7) is 5.24. The van der Waals surface area contributed by atoms with Crippen molar-refractivity contribution in [2.24, 2.45) is 0 Å². The SMILES string of the molecule is CCCCc1nc2ccc(OC(C)(C)C(=O)O)cc2s1. The molecule has 0 atom stereocenters. The van der Waals surface area contributed by atoms with Crippen LogP contribution in [-0.4, -0.2) is 21.7 Å². The van der Waals surface area contributed by atoms with Crippen LogP contribution >= 0.6 is 11.3 Å². The fraction of sp³-hybridized carbons (Fsp3) is 0.467. The van der Waals surface area contributed by atoms with Crippen LogP contribution in [0.1, 0.15) is 38.6 Å². The van der Waals surface area contributed by atoms with Gasteiger partial charge in [-0.2, -0.15) is 0 Å². The van der Waals surface area contributed by atoms with Crippen LogP contribution in [0.4, 0.5) is 0 Å². The number of aromatic nitrogens is 1. The topological polar surface area (TPSA) is 59.4 Å². The maximum atomic E-state index is 11.1. The Morgan fingerprint density at radius 2 is 2.20 bits per heavy atom. The molecular formula is C15H19NO3S. The molecule has 0 aliphatic carbocycles. The van der Waals surface area contributed by atoms with E-state index in [-0.39, 0.29) is 0 Å². The monoisotopic (exact) mass is 293 g/mol. The number of fused-ring (bicyclic) bond motifs is 1. The number of carbonyl (C=O) groups is 1. The molecule has 1 aromatic heterocycles. The number of thiazole rings is 1. The Bertz CT molecular complexity index is 619. The average Bonchev–Trinajstić information content (AvgIpc) is 2.77. The third kappa shape index (κ3) is 3.28. The number of ether oxygens (including phenoxy) is 1. The summed E-state index contributed by atoms with van der Waals surface area (Å²) in [5, 5.41) is 10.2. The van der Waals surface area contributed by atoms with Crippen molar-refractivity contribution in [3.8, 4) is 5.75 Å². The first-order valence-electron chi connectivity index (χ1n) is 6.74. The number of hydrogen-bond acceptors (Lipinski definition) is 4. The van der Waals surface area contributed by atoms with E-state index in [1.807, 2.05) is 12.1 Å². The quantitative estimate of drug-likeness (QED) is 0.878. The number of hydrogen-bond donors (Lipinski definition) is 1. The van der Waals surface area contributed by atoms with Gasteiger partial charge in [0.15, 0.2) is 5.60 Å². The molecule has 0 unspecified atom stereocenters. The van der Waals surface area contributed by atoms with E-state index in [1.54, 1.807) is 31.3 Å². The van der Waals surface area contributed by atoms with Crippen molar-refractivity contribution in [3.05, 3.63) is 23.2 Å². The molecule has 1 N–H and O–H groups in total. The lowest BCUT2D eigenvalue weighted by Gasteiger charge is -2.21. The highest BCUT2D eigenvalue weighted by atomic mass is 32.1. The van der Waals surface area contributed by atoms with E-state index < -0.39 is 11.6 Å². The average molecular weight is 293 g/mol. The number of unbranched alkanes of at least 4 members (excludes halogenated alkanes) is 1. The van der Waals surface area contributed by atoms with Crippen LogP contribution in [0, 0.1) is 0 Å². The number of carboxylic acids is 1. The maximum Gasteiger partial charge on any atom is 0.347 e. The van der Waals surface area contributed by atoms with Crippen LogP contribution in [0.2, 0.25) is 0 Å². The minimum Gasteiger partial charge on any atom is -0.478 e. The van der Waals surface area contributed by atoms with E-state index >= 15 is 0 Å². The molecule has 0 amide bonds. The van der Waals surface area contributed by atoms with E-state index in [2.05, 4.69) is 11.9 Å². The van der Waals surface area contributed by atoms with E-state index in [1.165, 1.54) is 0 Å². The van der Waals surface area contributed by atoms with Crippen molar-refractivity contribution in [2.45, 2.75) is 45.6 Å². The second kappa shape index (κ2) is 5.79. The first-order valence-corrected chi connectivity index (χ1v) is 7.56. The number of carboxylic acid groups (broad SMARTS) is 1. The predicted molar refractivity (Wildman–Crippen MR) is 80.6 cm³/mol. The molecule has 0 bridgehead atoms. The number of nitrogens with zero attached hydrogens (tertiary/aromatic N) is 1. The Balaban J connectivity index is 2.22. The van der Waals surface area contributed by atoms with Crippen molar-refractivity contribution in [2.75, 3.05) is 0 Å². The third-order valence-corrected chi connectivity index (χ3v) is 4.11. The van der Waals surface area contributed by atoms with Gasteiger partial charge < -0.3 is 9.84 Å². The van der Waals surface area contributed by atoms with E-state index in [0.717, 1.165) is 34.5 Å². The van der Waals surface area contributed by atoms with Crippen molar-refractivity contribution < 1.29 is 14.6 Å². The molecule has 2 rings (SSSR count). The van der Waals surface area contributed by atoms with Crippen molar-refractivity contribution in [3.63, 3.8) is 0 Å². The Morgan fingerprint density at radius 1 is 1.45 bits per heavy atom. The molecule has 1 aromatic carbocycles. The summed E-state index contributed by atoms with van der Waals surface area (Å²) in [6.07, 6.45) is 3.28. The Kier molecular flexibility index (Phi) is 4.28. The molecule has 0 saturated heterocycles. The first-order chi connectivity index (χ1) is 9.42. The molecule has 0 spiro atoms. The molecule has 0 aliphatic rings. The lowest BCUT2D eigenvalue weighted by Crippen LogP contribution is -2.37. The Morgan fingerprint density at radius 3 is 2.85 bits per heavy atom. The van der Waals surface area contributed by atoms with Gasteiger partial charge in [-0.1, -0.05) is 13.3 Å². The minimum absolute atomic E-state index is 0.565. The molecule has 0 radical (unpaired) electrons. The predicted octanol–water partition coefficient (Wildman–Crippen LogP) is 3.88. The van der Waals surface area contributed by atoms with Crippen molar-refractivity contribution in [1.82, 2.24) is 4.98 Å². The summed E-state index contributed by atoms with van der Waals surface area (Å²) in [4.78, 5) is 15.6. The largest absolute Gasteiger partial charge is 0.478 e. The van der Waals surface area contributed by atoms with E-state index in [9.17, 15) is 4.79 Å². The Labute approximate surface area is 122 Å². The van der Waals surface area contributed by atoms with Crippen LogP contribution in [0.15, 0.2) is 18.2 Å². The standard InChI is InChI=1S/C15H19NO3S/c1-4-5-6-13-16-11-8-7-10(9-12(11)20-13)19-15(2,3)14(17)18/h7-9H,4-6H2,1-3H3,(H,17,18). The molecule has 0 aliphatic heterocycles. The number of aliphatic carboxylic acids is 1. The summed E-state index contributed by atoms with van der Waals surface area (Å²) in [5.74, 6) is -0.416. The molecule has 5 heteroatoms. The lowest BCUT2D eigenvalue weighted by atomic mass is 10.1. The Hall–Kier alpha value is -1.62. The highest BCUT2D eigenvalue weighted by molar-refractivity contribution is 7.18. The van der Waals surface area contributed by atoms with Crippen molar-refractivity contribution in [1.29, 1.82) is 0 Å². The van der Waals surface area contributed by atoms with Gasteiger partial charge in [0.1, 0.15) is 5.75 Å². The summed E-state index contributed by atoms with van der Waals surface area (Å²) >= 11 is 1.65. The van der Waals surface area contributed by atoms with Gasteiger partial charge in [-0.25, -0.2) is 9.78 Å². The second-order valence-corrected chi connectivity index (χ2v) is 6.37. The number of benzene rings is 1. The van der Waals surface area contributed by atoms with Gasteiger partial charge in [-0.15, -0.1) is 11.3 Å². The van der Waals surface area contributed by atoms with Gasteiger partial charge in [0.2, 0.25) is 0 Å². The summed E-state index contributed by atoms with van der Waals surface area (Å²) in [7, 11) is 0. The summed E-state index contributed by atoms with van der Waals surface area (Å²) in [6, 6.07) is 5.53. The maximum absolute atomic E-state index is 11.1. The normalized spacial score (nSPS) is 11.8.